The Kier molecular flexibility index (Phi) is 4.12. The van der Waals surface area contributed by atoms with Crippen molar-refractivity contribution in [2.75, 3.05) is 32.7 Å². The van der Waals surface area contributed by atoms with Crippen molar-refractivity contribution < 1.29 is 9.53 Å². The molecule has 3 saturated heterocycles. The fraction of sp³-hybridized carbons (Fsp3) is 0.750. The maximum atomic E-state index is 12.4. The lowest BCUT2D eigenvalue weighted by molar-refractivity contribution is 0.00309. The van der Waals surface area contributed by atoms with E-state index in [1.165, 1.54) is 30.6 Å². The Morgan fingerprint density at radius 3 is 2.96 bits per heavy atom. The molecule has 0 saturated carbocycles. The number of likely N-dealkylation sites (tertiary alicyclic amines) is 2. The number of carbonyl (C=O) groups is 1. The van der Waals surface area contributed by atoms with Gasteiger partial charge in [-0.2, -0.15) is 0 Å². The molecule has 2 unspecified atom stereocenters. The van der Waals surface area contributed by atoms with Crippen LogP contribution in [0, 0.1) is 5.41 Å². The van der Waals surface area contributed by atoms with Crippen molar-refractivity contribution in [1.29, 1.82) is 0 Å². The molecule has 0 N–H and O–H groups in total. The first kappa shape index (κ1) is 15.8. The second-order valence-corrected chi connectivity index (χ2v) is 8.51. The number of nitrogens with zero attached hydrogens (tertiary/aromatic N) is 3. The molecule has 4 heterocycles. The van der Waals surface area contributed by atoms with E-state index in [4.69, 9.17) is 16.3 Å². The number of hydrogen-bond donors (Lipinski definition) is 0. The number of halogens is 1. The normalized spacial score (nSPS) is 30.1. The highest BCUT2D eigenvalue weighted by atomic mass is 35.5. The molecule has 3 fully saturated rings. The summed E-state index contributed by atoms with van der Waals surface area (Å²) in [6.07, 6.45) is 4.36. The number of amides is 1. The minimum absolute atomic E-state index is 0.0268. The quantitative estimate of drug-likeness (QED) is 0.835. The van der Waals surface area contributed by atoms with Gasteiger partial charge < -0.3 is 14.5 Å². The van der Waals surface area contributed by atoms with Gasteiger partial charge in [0.1, 0.15) is 5.15 Å². The average Bonchev–Trinajstić information content (AvgIpc) is 3.18. The highest BCUT2D eigenvalue weighted by Crippen LogP contribution is 2.40. The number of carbonyl (C=O) groups excluding carboxylic acids is 1. The largest absolute Gasteiger partial charge is 0.374 e. The predicted molar refractivity (Wildman–Crippen MR) is 90.1 cm³/mol. The van der Waals surface area contributed by atoms with E-state index < -0.39 is 0 Å². The van der Waals surface area contributed by atoms with Gasteiger partial charge in [0.2, 0.25) is 0 Å². The Morgan fingerprint density at radius 2 is 2.30 bits per heavy atom. The first-order chi connectivity index (χ1) is 11.0. The van der Waals surface area contributed by atoms with Crippen LogP contribution in [0.5, 0.6) is 0 Å². The first-order valence-electron chi connectivity index (χ1n) is 8.31. The highest BCUT2D eigenvalue weighted by Gasteiger charge is 2.50. The van der Waals surface area contributed by atoms with Gasteiger partial charge in [-0.1, -0.05) is 11.6 Å². The summed E-state index contributed by atoms with van der Waals surface area (Å²) in [5.74, 6) is 0.0268. The molecule has 2 atom stereocenters. The second kappa shape index (κ2) is 5.99. The van der Waals surface area contributed by atoms with Gasteiger partial charge in [-0.25, -0.2) is 4.98 Å². The molecule has 0 bridgehead atoms. The maximum absolute atomic E-state index is 12.4. The molecular weight excluding hydrogens is 334 g/mol. The smallest absolute Gasteiger partial charge is 0.282 e. The van der Waals surface area contributed by atoms with Crippen LogP contribution in [-0.2, 0) is 4.74 Å². The number of hydrogen-bond acceptors (Lipinski definition) is 5. The Morgan fingerprint density at radius 1 is 1.48 bits per heavy atom. The van der Waals surface area contributed by atoms with Crippen molar-refractivity contribution in [1.82, 2.24) is 14.8 Å². The fourth-order valence-electron chi connectivity index (χ4n) is 4.14. The van der Waals surface area contributed by atoms with E-state index in [1.54, 1.807) is 5.38 Å². The summed E-state index contributed by atoms with van der Waals surface area (Å²) in [6.45, 7) is 7.11. The molecule has 0 radical (unpaired) electrons. The Bertz CT molecular complexity index is 602. The minimum Gasteiger partial charge on any atom is -0.374 e. The molecule has 0 aliphatic carbocycles. The maximum Gasteiger partial charge on any atom is 0.282 e. The lowest BCUT2D eigenvalue weighted by Gasteiger charge is -2.47. The van der Waals surface area contributed by atoms with Gasteiger partial charge in [0, 0.05) is 37.0 Å². The molecule has 3 aliphatic heterocycles. The summed E-state index contributed by atoms with van der Waals surface area (Å²) in [5, 5.41) is 2.63. The first-order valence-corrected chi connectivity index (χ1v) is 9.57. The van der Waals surface area contributed by atoms with Crippen molar-refractivity contribution in [2.24, 2.45) is 5.41 Å². The summed E-state index contributed by atoms with van der Waals surface area (Å²) in [4.78, 5) is 20.9. The summed E-state index contributed by atoms with van der Waals surface area (Å²) < 4.78 is 5.94. The number of aromatic nitrogens is 1. The van der Waals surface area contributed by atoms with Crippen molar-refractivity contribution in [3.05, 3.63) is 15.5 Å². The molecule has 1 aromatic rings. The van der Waals surface area contributed by atoms with Crippen LogP contribution in [0.4, 0.5) is 0 Å². The van der Waals surface area contributed by atoms with Crippen LogP contribution >= 0.6 is 22.9 Å². The van der Waals surface area contributed by atoms with Crippen molar-refractivity contribution in [3.63, 3.8) is 0 Å². The monoisotopic (exact) mass is 355 g/mol. The van der Waals surface area contributed by atoms with E-state index in [0.29, 0.717) is 27.8 Å². The minimum atomic E-state index is 0.0268. The molecule has 5 nitrogen and oxygen atoms in total. The highest BCUT2D eigenvalue weighted by molar-refractivity contribution is 7.12. The second-order valence-electron chi connectivity index (χ2n) is 7.27. The van der Waals surface area contributed by atoms with Crippen LogP contribution in [0.3, 0.4) is 0 Å². The summed E-state index contributed by atoms with van der Waals surface area (Å²) in [7, 11) is 0. The SMILES string of the molecule is CC1CCC(CN2CCC3(C2)CN(C(=O)c2nc(Cl)cs2)C3)O1. The average molecular weight is 356 g/mol. The summed E-state index contributed by atoms with van der Waals surface area (Å²) >= 11 is 7.14. The Labute approximate surface area is 145 Å². The predicted octanol–water partition coefficient (Wildman–Crippen LogP) is 2.51. The summed E-state index contributed by atoms with van der Waals surface area (Å²) in [5.41, 5.74) is 0.293. The van der Waals surface area contributed by atoms with Gasteiger partial charge in [0.05, 0.1) is 12.2 Å². The molecule has 3 aliphatic rings. The molecule has 7 heteroatoms. The van der Waals surface area contributed by atoms with Gasteiger partial charge in [-0.15, -0.1) is 11.3 Å². The molecule has 126 valence electrons. The van der Waals surface area contributed by atoms with E-state index in [-0.39, 0.29) is 5.91 Å². The number of ether oxygens (including phenoxy) is 1. The zero-order valence-corrected chi connectivity index (χ0v) is 14.9. The van der Waals surface area contributed by atoms with Crippen molar-refractivity contribution in [2.45, 2.75) is 38.4 Å². The molecule has 23 heavy (non-hydrogen) atoms. The molecule has 4 rings (SSSR count). The van der Waals surface area contributed by atoms with Crippen LogP contribution in [-0.4, -0.2) is 65.6 Å². The standard InChI is InChI=1S/C16H22ClN3O2S/c1-11-2-3-12(22-11)6-19-5-4-16(8-19)9-20(10-16)15(21)14-18-13(17)7-23-14/h7,11-12H,2-6,8-10H2,1H3. The fourth-order valence-corrected chi connectivity index (χ4v) is 5.05. The van der Waals surface area contributed by atoms with Crippen molar-refractivity contribution >= 4 is 28.8 Å². The Balaban J connectivity index is 1.28. The van der Waals surface area contributed by atoms with Crippen LogP contribution in [0.2, 0.25) is 5.15 Å². The molecule has 1 spiro atoms. The van der Waals surface area contributed by atoms with E-state index in [9.17, 15) is 4.79 Å². The van der Waals surface area contributed by atoms with Crippen LogP contribution in [0.25, 0.3) is 0 Å². The molecule has 0 aromatic carbocycles. The number of rotatable bonds is 3. The zero-order valence-electron chi connectivity index (χ0n) is 13.3. The van der Waals surface area contributed by atoms with Gasteiger partial charge in [-0.05, 0) is 32.7 Å². The summed E-state index contributed by atoms with van der Waals surface area (Å²) in [6, 6.07) is 0. The van der Waals surface area contributed by atoms with E-state index in [0.717, 1.165) is 32.7 Å². The van der Waals surface area contributed by atoms with E-state index >= 15 is 0 Å². The van der Waals surface area contributed by atoms with Crippen molar-refractivity contribution in [3.8, 4) is 0 Å². The topological polar surface area (TPSA) is 45.7 Å². The van der Waals surface area contributed by atoms with E-state index in [1.807, 2.05) is 4.90 Å². The van der Waals surface area contributed by atoms with Gasteiger partial charge in [-0.3, -0.25) is 4.79 Å². The van der Waals surface area contributed by atoms with Crippen LogP contribution in [0.15, 0.2) is 5.38 Å². The molecule has 1 aromatic heterocycles. The lowest BCUT2D eigenvalue weighted by atomic mass is 9.79. The van der Waals surface area contributed by atoms with Gasteiger partial charge in [0.25, 0.3) is 5.91 Å². The third-order valence-corrected chi connectivity index (χ3v) is 6.45. The Hall–Kier alpha value is -0.690. The zero-order chi connectivity index (χ0) is 16.0. The number of thiazole rings is 1. The van der Waals surface area contributed by atoms with E-state index in [2.05, 4.69) is 16.8 Å². The van der Waals surface area contributed by atoms with Crippen LogP contribution in [0.1, 0.15) is 36.0 Å². The molecule has 1 amide bonds. The lowest BCUT2D eigenvalue weighted by Crippen LogP contribution is -2.59. The molecular formula is C16H22ClN3O2S. The van der Waals surface area contributed by atoms with Gasteiger partial charge >= 0.3 is 0 Å². The third-order valence-electron chi connectivity index (χ3n) is 5.30. The van der Waals surface area contributed by atoms with Gasteiger partial charge in [0.15, 0.2) is 5.01 Å². The third kappa shape index (κ3) is 3.14. The van der Waals surface area contributed by atoms with Crippen LogP contribution < -0.4 is 0 Å².